The smallest absolute Gasteiger partial charge is 0.417 e. The summed E-state index contributed by atoms with van der Waals surface area (Å²) in [4.78, 5) is 59.3. The molecule has 2 aliphatic heterocycles. The molecule has 0 aromatic rings. The van der Waals surface area contributed by atoms with Crippen LogP contribution in [0.4, 0.5) is 4.79 Å². The Morgan fingerprint density at radius 1 is 1.07 bits per heavy atom. The predicted octanol–water partition coefficient (Wildman–Crippen LogP) is -0.452. The molecule has 11 heteroatoms. The minimum absolute atomic E-state index is 0.290. The summed E-state index contributed by atoms with van der Waals surface area (Å²) in [5.41, 5.74) is 0. The van der Waals surface area contributed by atoms with Crippen molar-refractivity contribution in [3.8, 4) is 0 Å². The molecule has 2 rings (SSSR count). The van der Waals surface area contributed by atoms with E-state index in [0.717, 1.165) is 18.7 Å². The molecule has 2 amide bonds. The largest absolute Gasteiger partial charge is 0.469 e. The minimum atomic E-state index is -1.13. The Morgan fingerprint density at radius 3 is 2.26 bits per heavy atom. The van der Waals surface area contributed by atoms with E-state index in [-0.39, 0.29) is 13.0 Å². The van der Waals surface area contributed by atoms with Crippen LogP contribution in [0.2, 0.25) is 0 Å². The van der Waals surface area contributed by atoms with Crippen molar-refractivity contribution in [2.45, 2.75) is 57.6 Å². The molecule has 11 nitrogen and oxygen atoms in total. The Kier molecular flexibility index (Phi) is 6.37. The molecule has 2 heterocycles. The molecule has 0 radical (unpaired) electrons. The average molecular weight is 387 g/mol. The van der Waals surface area contributed by atoms with Crippen molar-refractivity contribution in [3.05, 3.63) is 0 Å². The number of hydrogen-bond acceptors (Lipinski definition) is 10. The van der Waals surface area contributed by atoms with Gasteiger partial charge >= 0.3 is 24.0 Å². The highest BCUT2D eigenvalue weighted by Crippen LogP contribution is 2.36. The van der Waals surface area contributed by atoms with Crippen LogP contribution in [0.15, 0.2) is 0 Å². The monoisotopic (exact) mass is 387 g/mol. The molecule has 5 atom stereocenters. The molecule has 150 valence electrons. The highest BCUT2D eigenvalue weighted by Gasteiger charge is 2.59. The van der Waals surface area contributed by atoms with Crippen LogP contribution >= 0.6 is 0 Å². The normalized spacial score (nSPS) is 29.4. The summed E-state index contributed by atoms with van der Waals surface area (Å²) in [6, 6.07) is -1.01. The molecule has 0 spiro atoms. The van der Waals surface area contributed by atoms with Gasteiger partial charge in [0.1, 0.15) is 18.8 Å². The third kappa shape index (κ3) is 4.54. The van der Waals surface area contributed by atoms with Crippen LogP contribution in [-0.2, 0) is 42.9 Å². The molecule has 0 bridgehead atoms. The molecule has 0 aliphatic carbocycles. The van der Waals surface area contributed by atoms with Crippen molar-refractivity contribution >= 4 is 29.9 Å². The maximum absolute atomic E-state index is 12.2. The van der Waals surface area contributed by atoms with Crippen molar-refractivity contribution in [1.29, 1.82) is 0 Å². The van der Waals surface area contributed by atoms with E-state index in [1.165, 1.54) is 14.0 Å². The lowest BCUT2D eigenvalue weighted by atomic mass is 9.90. The molecular weight excluding hydrogens is 366 g/mol. The second-order valence-corrected chi connectivity index (χ2v) is 6.10. The number of carbonyl (C=O) groups excluding carboxylic acids is 5. The molecule has 0 unspecified atom stereocenters. The van der Waals surface area contributed by atoms with Gasteiger partial charge in [-0.05, 0) is 0 Å². The van der Waals surface area contributed by atoms with Crippen molar-refractivity contribution in [1.82, 2.24) is 4.90 Å². The maximum Gasteiger partial charge on any atom is 0.417 e. The van der Waals surface area contributed by atoms with Gasteiger partial charge in [0.25, 0.3) is 0 Å². The summed E-state index contributed by atoms with van der Waals surface area (Å²) in [7, 11) is 1.18. The fraction of sp³-hybridized carbons (Fsp3) is 0.688. The van der Waals surface area contributed by atoms with Gasteiger partial charge in [-0.15, -0.1) is 0 Å². The number of ether oxygens (including phenoxy) is 5. The zero-order valence-corrected chi connectivity index (χ0v) is 15.3. The van der Waals surface area contributed by atoms with E-state index in [1.807, 2.05) is 0 Å². The zero-order valence-electron chi connectivity index (χ0n) is 15.3. The number of fused-ring (bicyclic) bond motifs is 1. The van der Waals surface area contributed by atoms with Crippen molar-refractivity contribution in [3.63, 3.8) is 0 Å². The first kappa shape index (κ1) is 20.6. The van der Waals surface area contributed by atoms with Crippen LogP contribution < -0.4 is 0 Å². The minimum Gasteiger partial charge on any atom is -0.469 e. The number of esters is 3. The van der Waals surface area contributed by atoms with Crippen LogP contribution in [-0.4, -0.2) is 79.0 Å². The summed E-state index contributed by atoms with van der Waals surface area (Å²) >= 11 is 0. The van der Waals surface area contributed by atoms with Gasteiger partial charge in [-0.25, -0.2) is 9.69 Å². The van der Waals surface area contributed by atoms with Crippen LogP contribution in [0, 0.1) is 0 Å². The Labute approximate surface area is 154 Å². The number of imide groups is 1. The lowest BCUT2D eigenvalue weighted by Gasteiger charge is -2.42. The van der Waals surface area contributed by atoms with Gasteiger partial charge in [0.05, 0.1) is 19.6 Å². The number of rotatable bonds is 5. The van der Waals surface area contributed by atoms with Crippen LogP contribution in [0.1, 0.15) is 27.2 Å². The molecular formula is C16H21NO10. The van der Waals surface area contributed by atoms with E-state index >= 15 is 0 Å². The van der Waals surface area contributed by atoms with E-state index in [1.54, 1.807) is 0 Å². The number of amides is 2. The zero-order chi connectivity index (χ0) is 20.3. The van der Waals surface area contributed by atoms with Gasteiger partial charge in [0.2, 0.25) is 5.91 Å². The van der Waals surface area contributed by atoms with Crippen LogP contribution in [0.5, 0.6) is 0 Å². The predicted molar refractivity (Wildman–Crippen MR) is 84.1 cm³/mol. The van der Waals surface area contributed by atoms with E-state index < -0.39 is 60.4 Å². The number of nitrogens with zero attached hydrogens (tertiary/aromatic N) is 1. The molecule has 2 aliphatic rings. The van der Waals surface area contributed by atoms with Gasteiger partial charge in [0, 0.05) is 20.8 Å². The van der Waals surface area contributed by atoms with E-state index in [4.69, 9.17) is 18.9 Å². The quantitative estimate of drug-likeness (QED) is 0.451. The Balaban J connectivity index is 2.38. The van der Waals surface area contributed by atoms with Crippen LogP contribution in [0.3, 0.4) is 0 Å². The van der Waals surface area contributed by atoms with Gasteiger partial charge in [-0.2, -0.15) is 0 Å². The molecule has 0 N–H and O–H groups in total. The molecule has 0 aromatic carbocycles. The van der Waals surface area contributed by atoms with E-state index in [0.29, 0.717) is 0 Å². The summed E-state index contributed by atoms with van der Waals surface area (Å²) in [5.74, 6) is -2.54. The third-order valence-corrected chi connectivity index (χ3v) is 4.18. The lowest BCUT2D eigenvalue weighted by Crippen LogP contribution is -2.62. The van der Waals surface area contributed by atoms with Gasteiger partial charge in [0.15, 0.2) is 12.2 Å². The van der Waals surface area contributed by atoms with Crippen LogP contribution in [0.25, 0.3) is 0 Å². The fourth-order valence-electron chi connectivity index (χ4n) is 3.17. The Bertz CT molecular complexity index is 647. The first-order chi connectivity index (χ1) is 12.6. The maximum atomic E-state index is 12.2. The number of hydrogen-bond donors (Lipinski definition) is 0. The lowest BCUT2D eigenvalue weighted by molar-refractivity contribution is -0.212. The molecule has 2 fully saturated rings. The average Bonchev–Trinajstić information content (AvgIpc) is 2.92. The van der Waals surface area contributed by atoms with E-state index in [2.05, 4.69) is 4.74 Å². The summed E-state index contributed by atoms with van der Waals surface area (Å²) in [6.45, 7) is 3.19. The Hall–Kier alpha value is -2.69. The van der Waals surface area contributed by atoms with Crippen molar-refractivity contribution in [2.75, 3.05) is 13.7 Å². The molecule has 27 heavy (non-hydrogen) atoms. The van der Waals surface area contributed by atoms with E-state index in [9.17, 15) is 24.0 Å². The molecule has 0 saturated carbocycles. The van der Waals surface area contributed by atoms with Crippen molar-refractivity contribution in [2.24, 2.45) is 0 Å². The summed E-state index contributed by atoms with van der Waals surface area (Å²) in [5, 5.41) is 0. The molecule has 2 saturated heterocycles. The summed E-state index contributed by atoms with van der Waals surface area (Å²) < 4.78 is 25.8. The van der Waals surface area contributed by atoms with Gasteiger partial charge in [-0.3, -0.25) is 19.2 Å². The fourth-order valence-corrected chi connectivity index (χ4v) is 3.17. The highest BCUT2D eigenvalue weighted by atomic mass is 16.6. The summed E-state index contributed by atoms with van der Waals surface area (Å²) in [6.07, 6.45) is -5.45. The SMILES string of the molecule is COC(=O)C[C@H]1O[C@H](COC(C)=O)[C@@H](OC(C)=O)[C@@H]2OC(=O)N(C(C)=O)[C@H]21. The number of methoxy groups -OCH3 is 1. The van der Waals surface area contributed by atoms with Gasteiger partial charge < -0.3 is 23.7 Å². The van der Waals surface area contributed by atoms with Crippen molar-refractivity contribution < 1.29 is 47.7 Å². The second-order valence-electron chi connectivity index (χ2n) is 6.10. The second kappa shape index (κ2) is 8.33. The first-order valence-corrected chi connectivity index (χ1v) is 8.19. The third-order valence-electron chi connectivity index (χ3n) is 4.18. The van der Waals surface area contributed by atoms with Gasteiger partial charge in [-0.1, -0.05) is 0 Å². The Morgan fingerprint density at radius 2 is 1.74 bits per heavy atom. The standard InChI is InChI=1S/C16H21NO10/c1-7(18)17-13-10(5-12(21)23-4)26-11(6-24-8(2)19)14(25-9(3)20)15(13)27-16(17)22/h10-11,13-15H,5-6H2,1-4H3/t10-,11-,13+,14-,15-/m1/s1. The molecule has 0 aromatic heterocycles. The number of carbonyl (C=O) groups is 5. The highest BCUT2D eigenvalue weighted by molar-refractivity contribution is 5.92. The topological polar surface area (TPSA) is 135 Å². The first-order valence-electron chi connectivity index (χ1n) is 8.19.